The third-order valence-corrected chi connectivity index (χ3v) is 7.37. The first kappa shape index (κ1) is 27.3. The Labute approximate surface area is 230 Å². The average molecular weight is 571 g/mol. The van der Waals surface area contributed by atoms with E-state index in [4.69, 9.17) is 34.0 Å². The average Bonchev–Trinajstić information content (AvgIpc) is 2.88. The molecule has 12 heteroatoms. The van der Waals surface area contributed by atoms with Crippen molar-refractivity contribution in [3.8, 4) is 0 Å². The number of hydrogen-bond donors (Lipinski definition) is 2. The summed E-state index contributed by atoms with van der Waals surface area (Å²) < 4.78 is 30.3. The van der Waals surface area contributed by atoms with Crippen LogP contribution in [0.5, 0.6) is 0 Å². The summed E-state index contributed by atoms with van der Waals surface area (Å²) in [5, 5.41) is 9.43. The highest BCUT2D eigenvalue weighted by Gasteiger charge is 2.29. The number of nitrogens with one attached hydrogen (secondary N) is 1. The highest BCUT2D eigenvalue weighted by molar-refractivity contribution is 7.90. The summed E-state index contributed by atoms with van der Waals surface area (Å²) in [6.07, 6.45) is 0.570. The first-order valence-electron chi connectivity index (χ1n) is 11.5. The largest absolute Gasteiger partial charge is 0.369 e. The Kier molecular flexibility index (Phi) is 8.45. The molecule has 0 saturated heterocycles. The number of hydrogen-bond acceptors (Lipinski definition) is 4. The summed E-state index contributed by atoms with van der Waals surface area (Å²) in [7, 11) is -4.23. The molecule has 1 amide bonds. The van der Waals surface area contributed by atoms with Gasteiger partial charge in [0.15, 0.2) is 0 Å². The molecule has 3 N–H and O–H groups in total. The van der Waals surface area contributed by atoms with Crippen LogP contribution in [0.1, 0.15) is 30.4 Å². The Hall–Kier alpha value is -3.73. The highest BCUT2D eigenvalue weighted by Crippen LogP contribution is 2.30. The number of carbonyl (C=O) groups excluding carboxylic acids is 1. The van der Waals surface area contributed by atoms with Gasteiger partial charge >= 0.3 is 0 Å². The molecule has 0 aliphatic carbocycles. The molecule has 3 aromatic rings. The molecule has 9 nitrogen and oxygen atoms in total. The lowest BCUT2D eigenvalue weighted by molar-refractivity contribution is -0.117. The number of aliphatic imine (C=N–C) groups is 1. The van der Waals surface area contributed by atoms with E-state index in [9.17, 15) is 13.2 Å². The molecule has 0 saturated carbocycles. The number of halogens is 2. The van der Waals surface area contributed by atoms with Crippen LogP contribution in [0.2, 0.25) is 10.0 Å². The predicted molar refractivity (Wildman–Crippen MR) is 150 cm³/mol. The Balaban J connectivity index is 1.84. The van der Waals surface area contributed by atoms with Gasteiger partial charge in [0.1, 0.15) is 0 Å². The number of nitrogens with zero attached hydrogens (tertiary/aromatic N) is 4. The smallest absolute Gasteiger partial charge is 0.285 e. The van der Waals surface area contributed by atoms with E-state index in [1.165, 1.54) is 36.2 Å². The Bertz CT molecular complexity index is 1510. The standard InChI is InChI=1S/C26H24Cl2N6O3S/c1-17(35)30-25(29)31-26(33-38(36,37)22-13-11-21(28)12-14-22)34-16-15-23(18-5-3-2-4-6-18)24(32-34)19-7-9-20(27)10-8-19/h2-14,23H,15-16H2,1H3,(H3,29,30,31,33,35)/t23-/m1/s1. The van der Waals surface area contributed by atoms with E-state index in [0.717, 1.165) is 11.1 Å². The molecular weight excluding hydrogens is 547 g/mol. The normalized spacial score (nSPS) is 16.7. The van der Waals surface area contributed by atoms with Crippen LogP contribution >= 0.6 is 23.2 Å². The van der Waals surface area contributed by atoms with Crippen LogP contribution < -0.4 is 11.1 Å². The van der Waals surface area contributed by atoms with Crippen molar-refractivity contribution in [1.82, 2.24) is 10.3 Å². The minimum atomic E-state index is -4.23. The summed E-state index contributed by atoms with van der Waals surface area (Å²) in [4.78, 5) is 15.5. The maximum Gasteiger partial charge on any atom is 0.285 e. The monoisotopic (exact) mass is 570 g/mol. The number of amides is 1. The zero-order valence-corrected chi connectivity index (χ0v) is 22.6. The van der Waals surface area contributed by atoms with Crippen LogP contribution in [0.3, 0.4) is 0 Å². The molecule has 0 radical (unpaired) electrons. The molecule has 0 aromatic heterocycles. The summed E-state index contributed by atoms with van der Waals surface area (Å²) in [5.74, 6) is -1.18. The summed E-state index contributed by atoms with van der Waals surface area (Å²) in [5.41, 5.74) is 8.39. The van der Waals surface area contributed by atoms with E-state index in [1.54, 1.807) is 12.1 Å². The van der Waals surface area contributed by atoms with Crippen molar-refractivity contribution in [2.24, 2.45) is 20.2 Å². The van der Waals surface area contributed by atoms with Gasteiger partial charge in [-0.2, -0.15) is 18.5 Å². The molecule has 0 unspecified atom stereocenters. The lowest BCUT2D eigenvalue weighted by atomic mass is 9.86. The fourth-order valence-electron chi connectivity index (χ4n) is 3.88. The molecule has 1 aliphatic heterocycles. The van der Waals surface area contributed by atoms with Crippen LogP contribution in [-0.2, 0) is 14.8 Å². The fraction of sp³-hybridized carbons (Fsp3) is 0.154. The molecule has 0 spiro atoms. The van der Waals surface area contributed by atoms with Gasteiger partial charge in [0, 0.05) is 29.4 Å². The van der Waals surface area contributed by atoms with Crippen LogP contribution in [0.4, 0.5) is 0 Å². The predicted octanol–water partition coefficient (Wildman–Crippen LogP) is 4.38. The maximum absolute atomic E-state index is 13.2. The molecule has 38 heavy (non-hydrogen) atoms. The molecule has 3 aromatic carbocycles. The summed E-state index contributed by atoms with van der Waals surface area (Å²) in [6.45, 7) is 1.54. The Morgan fingerprint density at radius 1 is 1.00 bits per heavy atom. The summed E-state index contributed by atoms with van der Waals surface area (Å²) in [6, 6.07) is 22.6. The molecule has 1 atom stereocenters. The number of benzene rings is 3. The topological polar surface area (TPSA) is 130 Å². The number of sulfonamides is 1. The van der Waals surface area contributed by atoms with Crippen molar-refractivity contribution in [3.05, 3.63) is 100 Å². The van der Waals surface area contributed by atoms with E-state index in [0.29, 0.717) is 22.2 Å². The van der Waals surface area contributed by atoms with Crippen LogP contribution in [-0.4, -0.2) is 43.5 Å². The molecule has 196 valence electrons. The van der Waals surface area contributed by atoms with Crippen molar-refractivity contribution in [2.75, 3.05) is 6.54 Å². The fourth-order valence-corrected chi connectivity index (χ4v) is 5.07. The second-order valence-electron chi connectivity index (χ2n) is 8.37. The zero-order chi connectivity index (χ0) is 27.3. The Morgan fingerprint density at radius 2 is 1.61 bits per heavy atom. The van der Waals surface area contributed by atoms with Crippen molar-refractivity contribution in [3.63, 3.8) is 0 Å². The van der Waals surface area contributed by atoms with Crippen molar-refractivity contribution >= 4 is 56.8 Å². The molecule has 1 heterocycles. The first-order valence-corrected chi connectivity index (χ1v) is 13.7. The van der Waals surface area contributed by atoms with E-state index in [-0.39, 0.29) is 29.3 Å². The van der Waals surface area contributed by atoms with E-state index < -0.39 is 15.9 Å². The number of hydrazone groups is 1. The minimum Gasteiger partial charge on any atom is -0.369 e. The third kappa shape index (κ3) is 6.77. The summed E-state index contributed by atoms with van der Waals surface area (Å²) >= 11 is 12.0. The van der Waals surface area contributed by atoms with Gasteiger partial charge in [-0.15, -0.1) is 4.40 Å². The molecule has 4 rings (SSSR count). The number of guanidine groups is 2. The zero-order valence-electron chi connectivity index (χ0n) is 20.3. The van der Waals surface area contributed by atoms with E-state index in [1.807, 2.05) is 42.5 Å². The van der Waals surface area contributed by atoms with Gasteiger partial charge in [-0.3, -0.25) is 10.1 Å². The van der Waals surface area contributed by atoms with Gasteiger partial charge in [-0.1, -0.05) is 65.7 Å². The number of nitrogens with two attached hydrogens (primary N) is 1. The molecule has 1 aliphatic rings. The second kappa shape index (κ2) is 11.8. The maximum atomic E-state index is 13.2. The van der Waals surface area contributed by atoms with Gasteiger partial charge in [0.05, 0.1) is 10.6 Å². The van der Waals surface area contributed by atoms with Crippen LogP contribution in [0.25, 0.3) is 0 Å². The number of carbonyl (C=O) groups is 1. The van der Waals surface area contributed by atoms with E-state index >= 15 is 0 Å². The quantitative estimate of drug-likeness (QED) is 0.355. The van der Waals surface area contributed by atoms with Gasteiger partial charge in [-0.05, 0) is 53.9 Å². The van der Waals surface area contributed by atoms with Crippen molar-refractivity contribution < 1.29 is 13.2 Å². The third-order valence-electron chi connectivity index (χ3n) is 5.60. The SMILES string of the molecule is CC(=O)N/C(N)=N/C(=N/S(=O)(=O)c1ccc(Cl)cc1)N1CC[C@H](c2ccccc2)C(c2ccc(Cl)cc2)=N1. The van der Waals surface area contributed by atoms with Gasteiger partial charge in [0.2, 0.25) is 11.9 Å². The highest BCUT2D eigenvalue weighted by atomic mass is 35.5. The van der Waals surface area contributed by atoms with E-state index in [2.05, 4.69) is 14.7 Å². The molecule has 0 fully saturated rings. The molecular formula is C26H24Cl2N6O3S. The van der Waals surface area contributed by atoms with Crippen molar-refractivity contribution in [1.29, 1.82) is 0 Å². The minimum absolute atomic E-state index is 0.0839. The Morgan fingerprint density at radius 3 is 2.21 bits per heavy atom. The lowest BCUT2D eigenvalue weighted by Gasteiger charge is -2.30. The van der Waals surface area contributed by atoms with Gasteiger partial charge < -0.3 is 5.73 Å². The first-order chi connectivity index (χ1) is 18.1. The van der Waals surface area contributed by atoms with Crippen LogP contribution in [0, 0.1) is 0 Å². The molecule has 0 bridgehead atoms. The van der Waals surface area contributed by atoms with Crippen LogP contribution in [0.15, 0.2) is 98.2 Å². The number of rotatable bonds is 4. The second-order valence-corrected chi connectivity index (χ2v) is 10.8. The van der Waals surface area contributed by atoms with Crippen molar-refractivity contribution in [2.45, 2.75) is 24.2 Å². The van der Waals surface area contributed by atoms with Gasteiger partial charge in [-0.25, -0.2) is 5.01 Å². The lowest BCUT2D eigenvalue weighted by Crippen LogP contribution is -2.40. The van der Waals surface area contributed by atoms with Gasteiger partial charge in [0.25, 0.3) is 16.0 Å².